The molecule has 0 amide bonds. The summed E-state index contributed by atoms with van der Waals surface area (Å²) in [5.74, 6) is 2.35. The Morgan fingerprint density at radius 3 is 2.78 bits per heavy atom. The molecule has 1 aromatic heterocycles. The maximum atomic E-state index is 6.20. The van der Waals surface area contributed by atoms with Crippen LogP contribution in [0.5, 0.6) is 0 Å². The minimum atomic E-state index is 0.0120. The van der Waals surface area contributed by atoms with Gasteiger partial charge < -0.3 is 5.32 Å². The molecule has 1 fully saturated rings. The van der Waals surface area contributed by atoms with Crippen LogP contribution in [0, 0.1) is 5.92 Å². The number of hydrogen-bond donors (Lipinski definition) is 1. The summed E-state index contributed by atoms with van der Waals surface area (Å²) in [7, 11) is 0. The summed E-state index contributed by atoms with van der Waals surface area (Å²) < 4.78 is 0. The standard InChI is InChI=1S/C13H20ClN3S/c1-10-3-5-13(8-14,6-4-10)17-11-7-12(18-2)16-9-15-11/h7,9-10H,3-6,8H2,1-2H3,(H,15,16,17). The molecule has 1 aliphatic rings. The number of anilines is 1. The molecule has 0 aliphatic heterocycles. The Morgan fingerprint density at radius 2 is 2.17 bits per heavy atom. The van der Waals surface area contributed by atoms with E-state index < -0.39 is 0 Å². The number of hydrogen-bond acceptors (Lipinski definition) is 4. The molecule has 0 atom stereocenters. The average molecular weight is 286 g/mol. The summed E-state index contributed by atoms with van der Waals surface area (Å²) in [6, 6.07) is 2.00. The van der Waals surface area contributed by atoms with Gasteiger partial charge in [0, 0.05) is 11.9 Å². The molecule has 1 aromatic rings. The van der Waals surface area contributed by atoms with Crippen LogP contribution in [0.15, 0.2) is 17.4 Å². The molecule has 1 saturated carbocycles. The minimum Gasteiger partial charge on any atom is -0.363 e. The lowest BCUT2D eigenvalue weighted by Gasteiger charge is -2.39. The number of halogens is 1. The topological polar surface area (TPSA) is 37.8 Å². The van der Waals surface area contributed by atoms with Crippen LogP contribution in [-0.2, 0) is 0 Å². The first kappa shape index (κ1) is 13.9. The van der Waals surface area contributed by atoms with Crippen molar-refractivity contribution in [1.82, 2.24) is 9.97 Å². The number of aromatic nitrogens is 2. The van der Waals surface area contributed by atoms with Crippen LogP contribution in [0.3, 0.4) is 0 Å². The van der Waals surface area contributed by atoms with E-state index in [1.807, 2.05) is 12.3 Å². The highest BCUT2D eigenvalue weighted by Crippen LogP contribution is 2.35. The Hall–Kier alpha value is -0.480. The van der Waals surface area contributed by atoms with Gasteiger partial charge in [-0.2, -0.15) is 0 Å². The van der Waals surface area contributed by atoms with Gasteiger partial charge in [0.05, 0.1) is 5.54 Å². The van der Waals surface area contributed by atoms with E-state index in [1.165, 1.54) is 12.8 Å². The van der Waals surface area contributed by atoms with Crippen LogP contribution >= 0.6 is 23.4 Å². The van der Waals surface area contributed by atoms with E-state index in [4.69, 9.17) is 11.6 Å². The monoisotopic (exact) mass is 285 g/mol. The Kier molecular flexibility index (Phi) is 4.73. The van der Waals surface area contributed by atoms with Crippen molar-refractivity contribution in [2.45, 2.75) is 43.2 Å². The summed E-state index contributed by atoms with van der Waals surface area (Å²) in [5, 5.41) is 4.53. The van der Waals surface area contributed by atoms with Crippen molar-refractivity contribution in [1.29, 1.82) is 0 Å². The fourth-order valence-electron chi connectivity index (χ4n) is 2.40. The zero-order chi connectivity index (χ0) is 13.0. The third-order valence-electron chi connectivity index (χ3n) is 3.73. The summed E-state index contributed by atoms with van der Waals surface area (Å²) in [6.07, 6.45) is 8.35. The summed E-state index contributed by atoms with van der Waals surface area (Å²) in [4.78, 5) is 8.49. The van der Waals surface area contributed by atoms with E-state index in [2.05, 4.69) is 22.2 Å². The first-order valence-corrected chi connectivity index (χ1v) is 8.13. The van der Waals surface area contributed by atoms with Crippen LogP contribution < -0.4 is 5.32 Å². The van der Waals surface area contributed by atoms with Crippen molar-refractivity contribution in [3.8, 4) is 0 Å². The predicted molar refractivity (Wildman–Crippen MR) is 78.5 cm³/mol. The van der Waals surface area contributed by atoms with Crippen molar-refractivity contribution in [3.63, 3.8) is 0 Å². The minimum absolute atomic E-state index is 0.0120. The number of rotatable bonds is 4. The molecule has 5 heteroatoms. The molecule has 2 rings (SSSR count). The van der Waals surface area contributed by atoms with Crippen molar-refractivity contribution in [2.24, 2.45) is 5.92 Å². The smallest absolute Gasteiger partial charge is 0.130 e. The molecule has 0 saturated heterocycles. The van der Waals surface area contributed by atoms with Gasteiger partial charge in [-0.1, -0.05) is 6.92 Å². The van der Waals surface area contributed by atoms with E-state index >= 15 is 0 Å². The van der Waals surface area contributed by atoms with Crippen LogP contribution in [0.1, 0.15) is 32.6 Å². The lowest BCUT2D eigenvalue weighted by atomic mass is 9.78. The molecule has 0 radical (unpaired) electrons. The molecule has 0 spiro atoms. The van der Waals surface area contributed by atoms with Gasteiger partial charge in [-0.05, 0) is 37.9 Å². The van der Waals surface area contributed by atoms with Crippen LogP contribution in [-0.4, -0.2) is 27.6 Å². The third-order valence-corrected chi connectivity index (χ3v) is 4.88. The number of nitrogens with one attached hydrogen (secondary N) is 1. The van der Waals surface area contributed by atoms with Gasteiger partial charge in [0.1, 0.15) is 17.2 Å². The molecule has 1 N–H and O–H groups in total. The van der Waals surface area contributed by atoms with Crippen LogP contribution in [0.25, 0.3) is 0 Å². The second-order valence-corrected chi connectivity index (χ2v) is 6.26. The lowest BCUT2D eigenvalue weighted by molar-refractivity contribution is 0.286. The molecule has 0 aromatic carbocycles. The molecule has 1 aliphatic carbocycles. The van der Waals surface area contributed by atoms with Gasteiger partial charge >= 0.3 is 0 Å². The zero-order valence-electron chi connectivity index (χ0n) is 10.9. The highest BCUT2D eigenvalue weighted by molar-refractivity contribution is 7.98. The fourth-order valence-corrected chi connectivity index (χ4v) is 3.11. The largest absolute Gasteiger partial charge is 0.363 e. The summed E-state index contributed by atoms with van der Waals surface area (Å²) in [6.45, 7) is 2.31. The Bertz CT molecular complexity index is 392. The van der Waals surface area contributed by atoms with E-state index in [9.17, 15) is 0 Å². The van der Waals surface area contributed by atoms with Gasteiger partial charge in [-0.15, -0.1) is 23.4 Å². The summed E-state index contributed by atoms with van der Waals surface area (Å²) >= 11 is 7.83. The maximum Gasteiger partial charge on any atom is 0.130 e. The molecule has 100 valence electrons. The van der Waals surface area contributed by atoms with Gasteiger partial charge in [0.2, 0.25) is 0 Å². The number of nitrogens with zero attached hydrogens (tertiary/aromatic N) is 2. The second-order valence-electron chi connectivity index (χ2n) is 5.17. The van der Waals surface area contributed by atoms with Crippen molar-refractivity contribution < 1.29 is 0 Å². The van der Waals surface area contributed by atoms with E-state index in [0.717, 1.165) is 29.6 Å². The predicted octanol–water partition coefficient (Wildman–Crippen LogP) is 3.80. The van der Waals surface area contributed by atoms with Crippen molar-refractivity contribution in [3.05, 3.63) is 12.4 Å². The lowest BCUT2D eigenvalue weighted by Crippen LogP contribution is -2.43. The van der Waals surface area contributed by atoms with E-state index in [-0.39, 0.29) is 5.54 Å². The number of alkyl halides is 1. The van der Waals surface area contributed by atoms with Gasteiger partial charge in [0.25, 0.3) is 0 Å². The Morgan fingerprint density at radius 1 is 1.44 bits per heavy atom. The fraction of sp³-hybridized carbons (Fsp3) is 0.692. The molecule has 0 bridgehead atoms. The Balaban J connectivity index is 2.09. The van der Waals surface area contributed by atoms with Gasteiger partial charge in [-0.3, -0.25) is 0 Å². The highest BCUT2D eigenvalue weighted by atomic mass is 35.5. The highest BCUT2D eigenvalue weighted by Gasteiger charge is 2.33. The number of thioether (sulfide) groups is 1. The zero-order valence-corrected chi connectivity index (χ0v) is 12.5. The third kappa shape index (κ3) is 3.29. The molecule has 0 unspecified atom stereocenters. The Labute approximate surface area is 118 Å². The van der Waals surface area contributed by atoms with Crippen LogP contribution in [0.4, 0.5) is 5.82 Å². The summed E-state index contributed by atoms with van der Waals surface area (Å²) in [5.41, 5.74) is 0.0120. The molecule has 3 nitrogen and oxygen atoms in total. The maximum absolute atomic E-state index is 6.20. The second kappa shape index (κ2) is 6.11. The molecule has 18 heavy (non-hydrogen) atoms. The van der Waals surface area contributed by atoms with Gasteiger partial charge in [-0.25, -0.2) is 9.97 Å². The molecular formula is C13H20ClN3S. The van der Waals surface area contributed by atoms with Crippen molar-refractivity contribution >= 4 is 29.2 Å². The van der Waals surface area contributed by atoms with Crippen molar-refractivity contribution in [2.75, 3.05) is 17.5 Å². The molecular weight excluding hydrogens is 266 g/mol. The first-order chi connectivity index (χ1) is 8.67. The SMILES string of the molecule is CSc1cc(NC2(CCl)CCC(C)CC2)ncn1. The van der Waals surface area contributed by atoms with E-state index in [1.54, 1.807) is 18.1 Å². The normalized spacial score (nSPS) is 28.1. The molecule has 1 heterocycles. The van der Waals surface area contributed by atoms with Crippen LogP contribution in [0.2, 0.25) is 0 Å². The average Bonchev–Trinajstić information content (AvgIpc) is 2.42. The first-order valence-electron chi connectivity index (χ1n) is 6.38. The van der Waals surface area contributed by atoms with E-state index in [0.29, 0.717) is 5.88 Å². The van der Waals surface area contributed by atoms with Gasteiger partial charge in [0.15, 0.2) is 0 Å². The quantitative estimate of drug-likeness (QED) is 0.519.